The van der Waals surface area contributed by atoms with Crippen molar-refractivity contribution in [3.63, 3.8) is 0 Å². The molecule has 0 bridgehead atoms. The third kappa shape index (κ3) is 3.64. The third-order valence-corrected chi connectivity index (χ3v) is 3.39. The van der Waals surface area contributed by atoms with Crippen LogP contribution in [0.3, 0.4) is 0 Å². The van der Waals surface area contributed by atoms with Crippen molar-refractivity contribution in [1.82, 2.24) is 5.48 Å². The Morgan fingerprint density at radius 2 is 1.92 bits per heavy atom. The number of rotatable bonds is 2. The summed E-state index contributed by atoms with van der Waals surface area (Å²) >= 11 is 0. The molecule has 0 atom stereocenters. The van der Waals surface area contributed by atoms with E-state index in [0.29, 0.717) is 5.92 Å². The molecule has 0 amide bonds. The Morgan fingerprint density at radius 3 is 2.42 bits per heavy atom. The van der Waals surface area contributed by atoms with Crippen molar-refractivity contribution >= 4 is 9.53 Å². The maximum Gasteiger partial charge on any atom is 0.501 e. The molecule has 0 aromatic rings. The van der Waals surface area contributed by atoms with Crippen LogP contribution in [-0.4, -0.2) is 29.8 Å². The van der Waals surface area contributed by atoms with Gasteiger partial charge in [-0.15, -0.1) is 0 Å². The third-order valence-electron chi connectivity index (χ3n) is 1.94. The van der Waals surface area contributed by atoms with Gasteiger partial charge in [-0.2, -0.15) is 0 Å². The lowest BCUT2D eigenvalue weighted by atomic mass is 10.1. The molecule has 5 heteroatoms. The average Bonchev–Trinajstić information content (AvgIpc) is 2.00. The smallest absolute Gasteiger partial charge is 0.375 e. The molecule has 72 valence electrons. The number of hydrogen-bond acceptors (Lipinski definition) is 4. The summed E-state index contributed by atoms with van der Waals surface area (Å²) in [5.74, 6) is 0.703. The zero-order valence-electron chi connectivity index (χ0n) is 7.71. The first-order chi connectivity index (χ1) is 5.83. The van der Waals surface area contributed by atoms with E-state index in [0.717, 1.165) is 26.1 Å². The molecule has 0 spiro atoms. The first-order valence-electron chi connectivity index (χ1n) is 4.38. The Labute approximate surface area is 75.1 Å². The normalized spacial score (nSPS) is 32.5. The Hall–Kier alpha value is 0.0569. The zero-order chi connectivity index (χ0) is 8.81. The van der Waals surface area contributed by atoms with E-state index in [1.807, 2.05) is 0 Å². The van der Waals surface area contributed by atoms with Gasteiger partial charge in [-0.25, -0.2) is 5.48 Å². The molecule has 0 aromatic heterocycles. The van der Waals surface area contributed by atoms with E-state index in [-0.39, 0.29) is 0 Å². The lowest BCUT2D eigenvalue weighted by Crippen LogP contribution is -2.34. The molecule has 0 aromatic carbocycles. The summed E-state index contributed by atoms with van der Waals surface area (Å²) in [6.45, 7) is 3.74. The van der Waals surface area contributed by atoms with Gasteiger partial charge in [0.05, 0.1) is 0 Å². The van der Waals surface area contributed by atoms with Crippen LogP contribution in [-0.2, 0) is 13.4 Å². The molecule has 1 fully saturated rings. The standard InChI is InChI=1S/C7H17NO3Si/c1-7-3-5-9-12(11-8-2)10-6-4-7/h7-8,12H,3-6H2,1-2H3. The van der Waals surface area contributed by atoms with Crippen LogP contribution in [0.2, 0.25) is 0 Å². The second kappa shape index (κ2) is 5.66. The Morgan fingerprint density at radius 1 is 1.33 bits per heavy atom. The van der Waals surface area contributed by atoms with E-state index in [1.54, 1.807) is 7.05 Å². The van der Waals surface area contributed by atoms with Crippen molar-refractivity contribution in [1.29, 1.82) is 0 Å². The maximum atomic E-state index is 5.43. The molecule has 1 N–H and O–H groups in total. The quantitative estimate of drug-likeness (QED) is 0.504. The van der Waals surface area contributed by atoms with Crippen LogP contribution in [0.1, 0.15) is 19.8 Å². The number of hydroxylamine groups is 1. The summed E-state index contributed by atoms with van der Waals surface area (Å²) in [6.07, 6.45) is 2.22. The van der Waals surface area contributed by atoms with Crippen LogP contribution in [0.25, 0.3) is 0 Å². The minimum atomic E-state index is -1.84. The molecule has 1 saturated heterocycles. The summed E-state index contributed by atoms with van der Waals surface area (Å²) in [7, 11) is -0.115. The fourth-order valence-electron chi connectivity index (χ4n) is 1.09. The monoisotopic (exact) mass is 191 g/mol. The van der Waals surface area contributed by atoms with Gasteiger partial charge < -0.3 is 8.85 Å². The highest BCUT2D eigenvalue weighted by Gasteiger charge is 2.18. The van der Waals surface area contributed by atoms with E-state index in [9.17, 15) is 0 Å². The average molecular weight is 191 g/mol. The minimum absolute atomic E-state index is 0.703. The Balaban J connectivity index is 2.20. The van der Waals surface area contributed by atoms with Crippen molar-refractivity contribution in [2.45, 2.75) is 19.8 Å². The summed E-state index contributed by atoms with van der Waals surface area (Å²) in [5.41, 5.74) is 2.61. The molecule has 1 heterocycles. The zero-order valence-corrected chi connectivity index (χ0v) is 8.86. The summed E-state index contributed by atoms with van der Waals surface area (Å²) in [6, 6.07) is 0. The minimum Gasteiger partial charge on any atom is -0.375 e. The number of hydrogen-bond donors (Lipinski definition) is 1. The predicted molar refractivity (Wildman–Crippen MR) is 47.6 cm³/mol. The fourth-order valence-corrected chi connectivity index (χ4v) is 2.17. The van der Waals surface area contributed by atoms with E-state index >= 15 is 0 Å². The van der Waals surface area contributed by atoms with E-state index in [2.05, 4.69) is 12.4 Å². The van der Waals surface area contributed by atoms with Crippen molar-refractivity contribution in [2.75, 3.05) is 20.3 Å². The van der Waals surface area contributed by atoms with Gasteiger partial charge in [0, 0.05) is 20.3 Å². The van der Waals surface area contributed by atoms with Crippen LogP contribution < -0.4 is 5.48 Å². The van der Waals surface area contributed by atoms with Gasteiger partial charge in [0.15, 0.2) is 0 Å². The molecule has 12 heavy (non-hydrogen) atoms. The summed E-state index contributed by atoms with van der Waals surface area (Å²) in [4.78, 5) is 0. The largest absolute Gasteiger partial charge is 0.501 e. The highest BCUT2D eigenvalue weighted by Crippen LogP contribution is 2.11. The highest BCUT2D eigenvalue weighted by atomic mass is 28.3. The molecule has 1 aliphatic heterocycles. The van der Waals surface area contributed by atoms with Crippen molar-refractivity contribution in [3.8, 4) is 0 Å². The van der Waals surface area contributed by atoms with Crippen molar-refractivity contribution in [3.05, 3.63) is 0 Å². The highest BCUT2D eigenvalue weighted by molar-refractivity contribution is 6.36. The lowest BCUT2D eigenvalue weighted by Gasteiger charge is -2.21. The second-order valence-electron chi connectivity index (χ2n) is 3.03. The van der Waals surface area contributed by atoms with Crippen LogP contribution >= 0.6 is 0 Å². The number of nitrogens with one attached hydrogen (secondary N) is 1. The van der Waals surface area contributed by atoms with Gasteiger partial charge in [-0.1, -0.05) is 6.92 Å². The Kier molecular flexibility index (Phi) is 4.78. The predicted octanol–water partition coefficient (Wildman–Crippen LogP) is 0.318. The van der Waals surface area contributed by atoms with Crippen LogP contribution in [0.5, 0.6) is 0 Å². The van der Waals surface area contributed by atoms with Gasteiger partial charge >= 0.3 is 9.53 Å². The molecule has 0 unspecified atom stereocenters. The molecular formula is C7H17NO3Si. The van der Waals surface area contributed by atoms with E-state index < -0.39 is 9.53 Å². The van der Waals surface area contributed by atoms with Gasteiger partial charge in [0.1, 0.15) is 0 Å². The van der Waals surface area contributed by atoms with Crippen LogP contribution in [0.4, 0.5) is 0 Å². The van der Waals surface area contributed by atoms with E-state index in [4.69, 9.17) is 13.4 Å². The fraction of sp³-hybridized carbons (Fsp3) is 1.00. The SMILES string of the molecule is CNO[SiH]1OCCC(C)CCO1. The molecule has 4 nitrogen and oxygen atoms in total. The lowest BCUT2D eigenvalue weighted by molar-refractivity contribution is 0.0411. The topological polar surface area (TPSA) is 39.7 Å². The molecule has 1 rings (SSSR count). The molecule has 0 saturated carbocycles. The maximum absolute atomic E-state index is 5.43. The van der Waals surface area contributed by atoms with Gasteiger partial charge in [0.25, 0.3) is 0 Å². The molecular weight excluding hydrogens is 174 g/mol. The molecule has 0 aliphatic carbocycles. The molecule has 1 aliphatic rings. The second-order valence-corrected chi connectivity index (χ2v) is 4.51. The first-order valence-corrected chi connectivity index (χ1v) is 5.80. The van der Waals surface area contributed by atoms with E-state index in [1.165, 1.54) is 0 Å². The van der Waals surface area contributed by atoms with Gasteiger partial charge in [0.2, 0.25) is 0 Å². The first kappa shape index (κ1) is 10.1. The Bertz CT molecular complexity index is 115. The summed E-state index contributed by atoms with van der Waals surface area (Å²) in [5, 5.41) is 0. The van der Waals surface area contributed by atoms with Crippen LogP contribution in [0, 0.1) is 5.92 Å². The van der Waals surface area contributed by atoms with Crippen LogP contribution in [0.15, 0.2) is 0 Å². The summed E-state index contributed by atoms with van der Waals surface area (Å²) < 4.78 is 15.9. The van der Waals surface area contributed by atoms with Gasteiger partial charge in [-0.3, -0.25) is 4.53 Å². The van der Waals surface area contributed by atoms with Gasteiger partial charge in [-0.05, 0) is 18.8 Å². The van der Waals surface area contributed by atoms with Crippen molar-refractivity contribution < 1.29 is 13.4 Å². The molecule has 0 radical (unpaired) electrons. The van der Waals surface area contributed by atoms with Crippen molar-refractivity contribution in [2.24, 2.45) is 5.92 Å².